The number of nitrogens with one attached hydrogen (secondary N) is 1. The number of hydrogen-bond acceptors (Lipinski definition) is 5. The number of carbonyl (C=O) groups excluding carboxylic acids is 1. The molecule has 134 valence electrons. The highest BCUT2D eigenvalue weighted by molar-refractivity contribution is 5.92. The van der Waals surface area contributed by atoms with Gasteiger partial charge in [0.15, 0.2) is 0 Å². The predicted molar refractivity (Wildman–Crippen MR) is 100 cm³/mol. The molecule has 0 spiro atoms. The first kappa shape index (κ1) is 16.5. The third-order valence-corrected chi connectivity index (χ3v) is 5.00. The van der Waals surface area contributed by atoms with E-state index in [9.17, 15) is 4.79 Å². The van der Waals surface area contributed by atoms with E-state index in [4.69, 9.17) is 0 Å². The molecule has 1 aliphatic rings. The molecule has 0 bridgehead atoms. The molecule has 0 saturated carbocycles. The molecular weight excluding hydrogens is 328 g/mol. The summed E-state index contributed by atoms with van der Waals surface area (Å²) in [5.41, 5.74) is 2.41. The van der Waals surface area contributed by atoms with Crippen LogP contribution in [0, 0.1) is 6.92 Å². The topological polar surface area (TPSA) is 75.9 Å². The first-order valence-electron chi connectivity index (χ1n) is 8.88. The van der Waals surface area contributed by atoms with E-state index >= 15 is 0 Å². The zero-order chi connectivity index (χ0) is 18.1. The van der Waals surface area contributed by atoms with E-state index in [1.165, 1.54) is 0 Å². The van der Waals surface area contributed by atoms with Crippen LogP contribution >= 0.6 is 0 Å². The highest BCUT2D eigenvalue weighted by Gasteiger charge is 2.24. The lowest BCUT2D eigenvalue weighted by Crippen LogP contribution is -2.45. The van der Waals surface area contributed by atoms with Crippen LogP contribution in [0.4, 0.5) is 5.82 Å². The van der Waals surface area contributed by atoms with Gasteiger partial charge in [0.05, 0.1) is 5.52 Å². The Morgan fingerprint density at radius 1 is 1.19 bits per heavy atom. The summed E-state index contributed by atoms with van der Waals surface area (Å²) in [5.74, 6) is 0.875. The van der Waals surface area contributed by atoms with E-state index in [0.29, 0.717) is 5.69 Å². The molecule has 1 N–H and O–H groups in total. The summed E-state index contributed by atoms with van der Waals surface area (Å²) in [7, 11) is 1.84. The van der Waals surface area contributed by atoms with Crippen molar-refractivity contribution in [2.24, 2.45) is 7.05 Å². The number of rotatable bonds is 3. The maximum atomic E-state index is 12.4. The number of benzene rings is 1. The number of aromatic nitrogens is 4. The highest BCUT2D eigenvalue weighted by Crippen LogP contribution is 2.25. The summed E-state index contributed by atoms with van der Waals surface area (Å²) >= 11 is 0. The molecular formula is C19H22N6O. The molecule has 3 heterocycles. The number of aryl methyl sites for hydroxylation is 2. The van der Waals surface area contributed by atoms with E-state index in [1.54, 1.807) is 11.0 Å². The van der Waals surface area contributed by atoms with Crippen molar-refractivity contribution < 1.29 is 4.79 Å². The van der Waals surface area contributed by atoms with Gasteiger partial charge in [0, 0.05) is 37.3 Å². The van der Waals surface area contributed by atoms with Crippen LogP contribution in [0.25, 0.3) is 10.9 Å². The molecule has 4 rings (SSSR count). The van der Waals surface area contributed by atoms with Crippen molar-refractivity contribution in [2.75, 3.05) is 18.0 Å². The van der Waals surface area contributed by atoms with Crippen molar-refractivity contribution in [1.82, 2.24) is 25.1 Å². The maximum absolute atomic E-state index is 12.4. The van der Waals surface area contributed by atoms with Gasteiger partial charge in [0.1, 0.15) is 17.8 Å². The molecule has 0 atom stereocenters. The number of hydrogen-bond donors (Lipinski definition) is 1. The summed E-state index contributed by atoms with van der Waals surface area (Å²) in [6.07, 6.45) is 3.39. The van der Waals surface area contributed by atoms with Gasteiger partial charge in [-0.2, -0.15) is 5.10 Å². The van der Waals surface area contributed by atoms with E-state index in [0.717, 1.165) is 48.3 Å². The van der Waals surface area contributed by atoms with Crippen LogP contribution < -0.4 is 10.2 Å². The first-order chi connectivity index (χ1) is 12.6. The van der Waals surface area contributed by atoms with E-state index < -0.39 is 0 Å². The molecule has 1 aromatic carbocycles. The summed E-state index contributed by atoms with van der Waals surface area (Å²) < 4.78 is 1.72. The van der Waals surface area contributed by atoms with Gasteiger partial charge in [-0.25, -0.2) is 9.97 Å². The van der Waals surface area contributed by atoms with Crippen molar-refractivity contribution in [3.05, 3.63) is 48.0 Å². The number of anilines is 1. The second-order valence-corrected chi connectivity index (χ2v) is 6.74. The summed E-state index contributed by atoms with van der Waals surface area (Å²) in [6, 6.07) is 10.0. The van der Waals surface area contributed by atoms with Gasteiger partial charge in [0.2, 0.25) is 0 Å². The molecule has 1 fully saturated rings. The molecule has 0 radical (unpaired) electrons. The Morgan fingerprint density at radius 2 is 1.96 bits per heavy atom. The Bertz CT molecular complexity index is 917. The molecule has 2 aromatic heterocycles. The average molecular weight is 350 g/mol. The average Bonchev–Trinajstić information content (AvgIpc) is 3.01. The predicted octanol–water partition coefficient (Wildman–Crippen LogP) is 2.07. The molecule has 7 nitrogen and oxygen atoms in total. The monoisotopic (exact) mass is 350 g/mol. The highest BCUT2D eigenvalue weighted by atomic mass is 16.2. The zero-order valence-corrected chi connectivity index (χ0v) is 15.0. The lowest BCUT2D eigenvalue weighted by molar-refractivity contribution is 0.0925. The van der Waals surface area contributed by atoms with E-state index in [2.05, 4.69) is 31.3 Å². The van der Waals surface area contributed by atoms with Crippen LogP contribution in [0.3, 0.4) is 0 Å². The standard InChI is InChI=1S/C19H22N6O/c1-13-11-17(23-24(13)2)19(26)22-14-7-9-25(10-8-14)18-15-5-3-4-6-16(15)20-12-21-18/h3-6,11-12,14H,7-10H2,1-2H3,(H,22,26). The number of fused-ring (bicyclic) bond motifs is 1. The number of para-hydroxylation sites is 1. The number of piperidine rings is 1. The Labute approximate surface area is 152 Å². The fourth-order valence-corrected chi connectivity index (χ4v) is 3.41. The normalized spacial score (nSPS) is 15.4. The third-order valence-electron chi connectivity index (χ3n) is 5.00. The number of nitrogens with zero attached hydrogens (tertiary/aromatic N) is 5. The summed E-state index contributed by atoms with van der Waals surface area (Å²) in [4.78, 5) is 23.5. The Balaban J connectivity index is 1.41. The molecule has 7 heteroatoms. The Kier molecular flexibility index (Phi) is 4.28. The number of carbonyl (C=O) groups is 1. The Hall–Kier alpha value is -2.96. The van der Waals surface area contributed by atoms with Gasteiger partial charge >= 0.3 is 0 Å². The maximum Gasteiger partial charge on any atom is 0.272 e. The van der Waals surface area contributed by atoms with Gasteiger partial charge in [-0.3, -0.25) is 9.48 Å². The van der Waals surface area contributed by atoms with Gasteiger partial charge < -0.3 is 10.2 Å². The fraction of sp³-hybridized carbons (Fsp3) is 0.368. The molecule has 1 saturated heterocycles. The lowest BCUT2D eigenvalue weighted by atomic mass is 10.0. The van der Waals surface area contributed by atoms with Crippen molar-refractivity contribution in [1.29, 1.82) is 0 Å². The molecule has 1 aliphatic heterocycles. The van der Waals surface area contributed by atoms with Crippen LogP contribution in [0.5, 0.6) is 0 Å². The smallest absolute Gasteiger partial charge is 0.272 e. The SMILES string of the molecule is Cc1cc(C(=O)NC2CCN(c3ncnc4ccccc34)CC2)nn1C. The second-order valence-electron chi connectivity index (χ2n) is 6.74. The van der Waals surface area contributed by atoms with Crippen LogP contribution in [0.1, 0.15) is 29.0 Å². The quantitative estimate of drug-likeness (QED) is 0.783. The van der Waals surface area contributed by atoms with E-state index in [1.807, 2.05) is 38.2 Å². The van der Waals surface area contributed by atoms with Crippen LogP contribution in [0.15, 0.2) is 36.7 Å². The minimum absolute atomic E-state index is 0.0976. The van der Waals surface area contributed by atoms with Gasteiger partial charge in [0.25, 0.3) is 5.91 Å². The molecule has 0 unspecified atom stereocenters. The summed E-state index contributed by atoms with van der Waals surface area (Å²) in [5, 5.41) is 8.43. The van der Waals surface area contributed by atoms with Gasteiger partial charge in [-0.1, -0.05) is 12.1 Å². The minimum Gasteiger partial charge on any atom is -0.356 e. The first-order valence-corrected chi connectivity index (χ1v) is 8.88. The van der Waals surface area contributed by atoms with Gasteiger partial charge in [-0.05, 0) is 38.0 Å². The van der Waals surface area contributed by atoms with Crippen molar-refractivity contribution in [3.63, 3.8) is 0 Å². The van der Waals surface area contributed by atoms with Crippen molar-refractivity contribution in [2.45, 2.75) is 25.8 Å². The molecule has 1 amide bonds. The zero-order valence-electron chi connectivity index (χ0n) is 15.0. The van der Waals surface area contributed by atoms with Crippen molar-refractivity contribution in [3.8, 4) is 0 Å². The third kappa shape index (κ3) is 3.12. The lowest BCUT2D eigenvalue weighted by Gasteiger charge is -2.33. The number of amides is 1. The van der Waals surface area contributed by atoms with E-state index in [-0.39, 0.29) is 11.9 Å². The summed E-state index contributed by atoms with van der Waals surface area (Å²) in [6.45, 7) is 3.65. The van der Waals surface area contributed by atoms with Crippen LogP contribution in [-0.4, -0.2) is 44.8 Å². The molecule has 3 aromatic rings. The largest absolute Gasteiger partial charge is 0.356 e. The van der Waals surface area contributed by atoms with Crippen LogP contribution in [-0.2, 0) is 7.05 Å². The fourth-order valence-electron chi connectivity index (χ4n) is 3.41. The van der Waals surface area contributed by atoms with Crippen LogP contribution in [0.2, 0.25) is 0 Å². The molecule has 0 aliphatic carbocycles. The van der Waals surface area contributed by atoms with Crippen molar-refractivity contribution >= 4 is 22.6 Å². The Morgan fingerprint density at radius 3 is 2.69 bits per heavy atom. The second kappa shape index (κ2) is 6.74. The molecule has 26 heavy (non-hydrogen) atoms. The van der Waals surface area contributed by atoms with Gasteiger partial charge in [-0.15, -0.1) is 0 Å². The minimum atomic E-state index is -0.0976.